The van der Waals surface area contributed by atoms with Crippen molar-refractivity contribution in [3.8, 4) is 11.3 Å². The number of nitrogens with two attached hydrogens (primary N) is 1. The lowest BCUT2D eigenvalue weighted by molar-refractivity contribution is 0.255. The number of hydrogen-bond acceptors (Lipinski definition) is 5. The highest BCUT2D eigenvalue weighted by atomic mass is 15.3. The SMILES string of the molecule is CN1CCC(c2ccc3ncc(-c4cn(CCCCCCN)nc4C4CC4)nc3c2)CC1. The number of aryl methyl sites for hydroxylation is 1. The van der Waals surface area contributed by atoms with Gasteiger partial charge in [-0.1, -0.05) is 18.9 Å². The molecule has 3 heterocycles. The van der Waals surface area contributed by atoms with Gasteiger partial charge in [0.15, 0.2) is 0 Å². The predicted molar refractivity (Wildman–Crippen MR) is 130 cm³/mol. The van der Waals surface area contributed by atoms with E-state index in [-0.39, 0.29) is 0 Å². The van der Waals surface area contributed by atoms with Crippen LogP contribution in [0.25, 0.3) is 22.3 Å². The van der Waals surface area contributed by atoms with Crippen LogP contribution in [-0.2, 0) is 6.54 Å². The molecule has 0 bridgehead atoms. The third-order valence-electron chi connectivity index (χ3n) is 7.13. The van der Waals surface area contributed by atoms with Crippen LogP contribution >= 0.6 is 0 Å². The number of hydrogen-bond donors (Lipinski definition) is 1. The Morgan fingerprint density at radius 3 is 2.56 bits per heavy atom. The Kier molecular flexibility index (Phi) is 6.51. The van der Waals surface area contributed by atoms with Crippen molar-refractivity contribution in [1.29, 1.82) is 0 Å². The zero-order valence-corrected chi connectivity index (χ0v) is 19.3. The third kappa shape index (κ3) is 4.86. The molecule has 0 radical (unpaired) electrons. The second-order valence-corrected chi connectivity index (χ2v) is 9.75. The van der Waals surface area contributed by atoms with Crippen LogP contribution in [-0.4, -0.2) is 51.3 Å². The van der Waals surface area contributed by atoms with E-state index in [4.69, 9.17) is 20.8 Å². The van der Waals surface area contributed by atoms with Gasteiger partial charge in [-0.2, -0.15) is 5.10 Å². The molecule has 3 aromatic rings. The molecular weight excluding hydrogens is 396 g/mol. The zero-order chi connectivity index (χ0) is 21.9. The van der Waals surface area contributed by atoms with Crippen molar-refractivity contribution in [3.63, 3.8) is 0 Å². The molecule has 0 amide bonds. The minimum absolute atomic E-state index is 0.589. The number of fused-ring (bicyclic) bond motifs is 1. The maximum atomic E-state index is 5.61. The molecule has 170 valence electrons. The monoisotopic (exact) mass is 432 g/mol. The fraction of sp³-hybridized carbons (Fsp3) is 0.577. The highest BCUT2D eigenvalue weighted by Gasteiger charge is 2.30. The van der Waals surface area contributed by atoms with Crippen LogP contribution in [0.4, 0.5) is 0 Å². The van der Waals surface area contributed by atoms with Crippen LogP contribution in [0.3, 0.4) is 0 Å². The first-order chi connectivity index (χ1) is 15.7. The number of piperidine rings is 1. The Bertz CT molecular complexity index is 1050. The van der Waals surface area contributed by atoms with Crippen LogP contribution < -0.4 is 5.73 Å². The summed E-state index contributed by atoms with van der Waals surface area (Å²) < 4.78 is 2.13. The molecule has 1 aliphatic carbocycles. The van der Waals surface area contributed by atoms with Gasteiger partial charge in [0.1, 0.15) is 0 Å². The van der Waals surface area contributed by atoms with Crippen molar-refractivity contribution in [2.45, 2.75) is 69.7 Å². The van der Waals surface area contributed by atoms with E-state index in [1.165, 1.54) is 68.4 Å². The van der Waals surface area contributed by atoms with Crippen LogP contribution in [0.1, 0.15) is 74.5 Å². The molecule has 1 saturated carbocycles. The molecule has 0 atom stereocenters. The number of benzene rings is 1. The lowest BCUT2D eigenvalue weighted by Gasteiger charge is -2.29. The summed E-state index contributed by atoms with van der Waals surface area (Å²) in [5.74, 6) is 1.22. The van der Waals surface area contributed by atoms with Gasteiger partial charge < -0.3 is 10.6 Å². The van der Waals surface area contributed by atoms with Crippen molar-refractivity contribution >= 4 is 11.0 Å². The summed E-state index contributed by atoms with van der Waals surface area (Å²) in [6, 6.07) is 6.68. The molecule has 2 aromatic heterocycles. The lowest BCUT2D eigenvalue weighted by Crippen LogP contribution is -2.29. The molecule has 6 nitrogen and oxygen atoms in total. The lowest BCUT2D eigenvalue weighted by atomic mass is 9.89. The third-order valence-corrected chi connectivity index (χ3v) is 7.13. The summed E-state index contributed by atoms with van der Waals surface area (Å²) in [5, 5.41) is 4.96. The molecular formula is C26H36N6. The van der Waals surface area contributed by atoms with Gasteiger partial charge in [0, 0.05) is 24.2 Å². The average molecular weight is 433 g/mol. The van der Waals surface area contributed by atoms with E-state index >= 15 is 0 Å². The molecule has 6 heteroatoms. The fourth-order valence-corrected chi connectivity index (χ4v) is 4.93. The van der Waals surface area contributed by atoms with E-state index in [1.807, 2.05) is 6.20 Å². The van der Waals surface area contributed by atoms with Crippen molar-refractivity contribution < 1.29 is 0 Å². The predicted octanol–water partition coefficient (Wildman–Crippen LogP) is 4.70. The number of nitrogens with zero attached hydrogens (tertiary/aromatic N) is 5. The standard InChI is InChI=1S/C26H36N6/c1-31-14-10-19(11-15-31)21-8-9-23-24(16-21)29-25(17-28-23)22-18-32(13-5-3-2-4-12-27)30-26(22)20-6-7-20/h8-9,16-20H,2-7,10-15,27H2,1H3. The Morgan fingerprint density at radius 1 is 0.969 bits per heavy atom. The Hall–Kier alpha value is -2.31. The first-order valence-electron chi connectivity index (χ1n) is 12.4. The van der Waals surface area contributed by atoms with Crippen molar-refractivity contribution in [2.24, 2.45) is 5.73 Å². The van der Waals surface area contributed by atoms with Crippen molar-refractivity contribution in [2.75, 3.05) is 26.7 Å². The highest BCUT2D eigenvalue weighted by molar-refractivity contribution is 5.78. The first kappa shape index (κ1) is 21.5. The summed E-state index contributed by atoms with van der Waals surface area (Å²) in [5.41, 5.74) is 12.4. The van der Waals surface area contributed by atoms with Gasteiger partial charge in [0.2, 0.25) is 0 Å². The second-order valence-electron chi connectivity index (χ2n) is 9.75. The minimum Gasteiger partial charge on any atom is -0.330 e. The molecule has 0 unspecified atom stereocenters. The Balaban J connectivity index is 1.38. The molecule has 1 saturated heterocycles. The molecule has 2 N–H and O–H groups in total. The van der Waals surface area contributed by atoms with Crippen LogP contribution in [0.15, 0.2) is 30.6 Å². The maximum absolute atomic E-state index is 5.61. The zero-order valence-electron chi connectivity index (χ0n) is 19.3. The van der Waals surface area contributed by atoms with Crippen molar-refractivity contribution in [1.82, 2.24) is 24.6 Å². The van der Waals surface area contributed by atoms with Gasteiger partial charge in [-0.05, 0) is 88.8 Å². The molecule has 2 aliphatic rings. The largest absolute Gasteiger partial charge is 0.330 e. The van der Waals surface area contributed by atoms with E-state index in [0.717, 1.165) is 42.7 Å². The van der Waals surface area contributed by atoms with Crippen LogP contribution in [0.5, 0.6) is 0 Å². The van der Waals surface area contributed by atoms with Crippen molar-refractivity contribution in [3.05, 3.63) is 41.9 Å². The fourth-order valence-electron chi connectivity index (χ4n) is 4.93. The smallest absolute Gasteiger partial charge is 0.0927 e. The molecule has 1 aromatic carbocycles. The molecule has 0 spiro atoms. The quantitative estimate of drug-likeness (QED) is 0.496. The Morgan fingerprint density at radius 2 is 1.78 bits per heavy atom. The highest BCUT2D eigenvalue weighted by Crippen LogP contribution is 2.43. The molecule has 32 heavy (non-hydrogen) atoms. The Labute approximate surface area is 191 Å². The summed E-state index contributed by atoms with van der Waals surface area (Å²) in [7, 11) is 2.21. The number of unbranched alkanes of at least 4 members (excludes halogenated alkanes) is 3. The summed E-state index contributed by atoms with van der Waals surface area (Å²) in [6.45, 7) is 4.10. The van der Waals surface area contributed by atoms with Gasteiger partial charge in [-0.15, -0.1) is 0 Å². The number of rotatable bonds is 9. The summed E-state index contributed by atoms with van der Waals surface area (Å²) >= 11 is 0. The molecule has 2 fully saturated rings. The van der Waals surface area contributed by atoms with E-state index in [9.17, 15) is 0 Å². The first-order valence-corrected chi connectivity index (χ1v) is 12.4. The van der Waals surface area contributed by atoms with E-state index in [1.54, 1.807) is 0 Å². The van der Waals surface area contributed by atoms with Crippen LogP contribution in [0.2, 0.25) is 0 Å². The van der Waals surface area contributed by atoms with Gasteiger partial charge in [-0.3, -0.25) is 9.67 Å². The maximum Gasteiger partial charge on any atom is 0.0927 e. The van der Waals surface area contributed by atoms with Gasteiger partial charge in [0.05, 0.1) is 28.6 Å². The summed E-state index contributed by atoms with van der Waals surface area (Å²) in [6.07, 6.45) is 13.7. The van der Waals surface area contributed by atoms with Crippen LogP contribution in [0, 0.1) is 0 Å². The summed E-state index contributed by atoms with van der Waals surface area (Å²) in [4.78, 5) is 12.3. The second kappa shape index (κ2) is 9.67. The van der Waals surface area contributed by atoms with Gasteiger partial charge >= 0.3 is 0 Å². The van der Waals surface area contributed by atoms with Gasteiger partial charge in [-0.25, -0.2) is 4.98 Å². The van der Waals surface area contributed by atoms with E-state index in [2.05, 4.69) is 41.0 Å². The average Bonchev–Trinajstić information content (AvgIpc) is 3.58. The number of aromatic nitrogens is 4. The normalized spacial score (nSPS) is 17.9. The van der Waals surface area contributed by atoms with E-state index in [0.29, 0.717) is 11.8 Å². The van der Waals surface area contributed by atoms with E-state index < -0.39 is 0 Å². The number of likely N-dealkylation sites (tertiary alicyclic amines) is 1. The minimum atomic E-state index is 0.589. The van der Waals surface area contributed by atoms with Gasteiger partial charge in [0.25, 0.3) is 0 Å². The molecule has 1 aliphatic heterocycles. The topological polar surface area (TPSA) is 72.9 Å². The molecule has 5 rings (SSSR count).